The lowest BCUT2D eigenvalue weighted by atomic mass is 10.2. The molecule has 1 aliphatic rings. The van der Waals surface area contributed by atoms with Crippen LogP contribution in [0.15, 0.2) is 4.99 Å². The predicted octanol–water partition coefficient (Wildman–Crippen LogP) is -0.0533. The second-order valence-electron chi connectivity index (χ2n) is 1.62. The maximum Gasteiger partial charge on any atom is 0.252 e. The molecule has 1 rings (SSSR count). The van der Waals surface area contributed by atoms with Crippen molar-refractivity contribution in [2.24, 2.45) is 4.99 Å². The largest absolute Gasteiger partial charge is 0.299 e. The average molecular weight is 111 g/mol. The number of Topliss-reactive ketones (excluding diaryl/α,β-unsaturated/α-hetero) is 1. The monoisotopic (exact) mass is 111 g/mol. The van der Waals surface area contributed by atoms with Gasteiger partial charge in [0.2, 0.25) is 0 Å². The maximum atomic E-state index is 10.4. The molecule has 0 aliphatic carbocycles. The topological polar surface area (TPSA) is 46.5 Å². The van der Waals surface area contributed by atoms with Crippen molar-refractivity contribution in [3.05, 3.63) is 0 Å². The summed E-state index contributed by atoms with van der Waals surface area (Å²) < 4.78 is 0. The molecule has 1 aliphatic heterocycles. The van der Waals surface area contributed by atoms with Crippen LogP contribution in [0.1, 0.15) is 12.8 Å². The summed E-state index contributed by atoms with van der Waals surface area (Å²) in [5.74, 6) is -0.355. The Morgan fingerprint density at radius 1 is 1.50 bits per heavy atom. The van der Waals surface area contributed by atoms with Crippen molar-refractivity contribution in [2.75, 3.05) is 0 Å². The Balaban J connectivity index is 2.68. The summed E-state index contributed by atoms with van der Waals surface area (Å²) in [5.41, 5.74) is 0. The van der Waals surface area contributed by atoms with Crippen molar-refractivity contribution in [2.45, 2.75) is 12.8 Å². The number of hydrogen-bond acceptors (Lipinski definition) is 2. The zero-order valence-corrected chi connectivity index (χ0v) is 4.26. The summed E-state index contributed by atoms with van der Waals surface area (Å²) in [6, 6.07) is 0. The normalized spacial score (nSPS) is 19.5. The first-order valence-corrected chi connectivity index (χ1v) is 2.36. The average Bonchev–Trinajstić information content (AvgIpc) is 1.64. The van der Waals surface area contributed by atoms with Gasteiger partial charge in [0.25, 0.3) is 5.91 Å². The number of aliphatic imine (C=N–C) groups is 1. The lowest BCUT2D eigenvalue weighted by molar-refractivity contribution is -0.126. The predicted molar refractivity (Wildman–Crippen MR) is 27.7 cm³/mol. The van der Waals surface area contributed by atoms with E-state index < -0.39 is 0 Å². The van der Waals surface area contributed by atoms with Crippen LogP contribution in [0.3, 0.4) is 0 Å². The Labute approximate surface area is 46.4 Å². The van der Waals surface area contributed by atoms with E-state index in [-0.39, 0.29) is 18.1 Å². The zero-order valence-electron chi connectivity index (χ0n) is 4.26. The third-order valence-electron chi connectivity index (χ3n) is 0.903. The molecule has 0 aromatic carbocycles. The number of amides is 1. The number of carbonyl (C=O) groups is 2. The molecule has 3 nitrogen and oxygen atoms in total. The van der Waals surface area contributed by atoms with Gasteiger partial charge in [-0.1, -0.05) is 0 Å². The summed E-state index contributed by atoms with van der Waals surface area (Å²) in [6.45, 7) is 0. The van der Waals surface area contributed by atoms with Crippen LogP contribution in [0.25, 0.3) is 0 Å². The minimum Gasteiger partial charge on any atom is -0.299 e. The van der Waals surface area contributed by atoms with Gasteiger partial charge in [0.1, 0.15) is 5.78 Å². The van der Waals surface area contributed by atoms with Crippen LogP contribution in [0.2, 0.25) is 0 Å². The molecule has 42 valence electrons. The third-order valence-corrected chi connectivity index (χ3v) is 0.903. The van der Waals surface area contributed by atoms with Crippen molar-refractivity contribution < 1.29 is 9.59 Å². The fraction of sp³-hybridized carbons (Fsp3) is 0.400. The Morgan fingerprint density at radius 3 is 2.62 bits per heavy atom. The molecular weight excluding hydrogens is 106 g/mol. The van der Waals surface area contributed by atoms with Gasteiger partial charge in [-0.05, 0) is 0 Å². The quantitative estimate of drug-likeness (QED) is 0.411. The highest BCUT2D eigenvalue weighted by Crippen LogP contribution is 1.96. The molecule has 0 saturated heterocycles. The summed E-state index contributed by atoms with van der Waals surface area (Å²) in [7, 11) is 0. The lowest BCUT2D eigenvalue weighted by Gasteiger charge is -1.96. The molecule has 8 heavy (non-hydrogen) atoms. The summed E-state index contributed by atoms with van der Waals surface area (Å²) >= 11 is 0. The highest BCUT2D eigenvalue weighted by Gasteiger charge is 2.10. The highest BCUT2D eigenvalue weighted by molar-refractivity contribution is 6.09. The number of ketones is 1. The van der Waals surface area contributed by atoms with Crippen LogP contribution in [-0.2, 0) is 9.59 Å². The van der Waals surface area contributed by atoms with Gasteiger partial charge in [-0.25, -0.2) is 4.99 Å². The number of carbonyl (C=O) groups excluding carboxylic acids is 2. The standard InChI is InChI=1S/C5H5NO2/c7-4-1-2-6-5(8)3-4/h2H,1,3H2. The highest BCUT2D eigenvalue weighted by atomic mass is 16.2. The van der Waals surface area contributed by atoms with Crippen LogP contribution >= 0.6 is 0 Å². The Morgan fingerprint density at radius 2 is 2.25 bits per heavy atom. The second kappa shape index (κ2) is 1.86. The van der Waals surface area contributed by atoms with E-state index in [0.29, 0.717) is 6.42 Å². The van der Waals surface area contributed by atoms with E-state index in [9.17, 15) is 9.59 Å². The van der Waals surface area contributed by atoms with Gasteiger partial charge in [-0.3, -0.25) is 9.59 Å². The molecule has 0 saturated carbocycles. The molecule has 1 heterocycles. The Hall–Kier alpha value is -0.990. The van der Waals surface area contributed by atoms with Gasteiger partial charge in [-0.15, -0.1) is 0 Å². The van der Waals surface area contributed by atoms with Gasteiger partial charge in [0, 0.05) is 12.6 Å². The van der Waals surface area contributed by atoms with Gasteiger partial charge in [0.05, 0.1) is 6.42 Å². The molecule has 0 fully saturated rings. The van der Waals surface area contributed by atoms with E-state index in [0.717, 1.165) is 0 Å². The Bertz CT molecular complexity index is 160. The van der Waals surface area contributed by atoms with Gasteiger partial charge in [-0.2, -0.15) is 0 Å². The van der Waals surface area contributed by atoms with Crippen LogP contribution in [0.5, 0.6) is 0 Å². The molecule has 0 aromatic heterocycles. The van der Waals surface area contributed by atoms with Gasteiger partial charge < -0.3 is 0 Å². The zero-order chi connectivity index (χ0) is 5.98. The van der Waals surface area contributed by atoms with Crippen molar-refractivity contribution in [3.63, 3.8) is 0 Å². The summed E-state index contributed by atoms with van der Waals surface area (Å²) in [5, 5.41) is 0. The van der Waals surface area contributed by atoms with Crippen molar-refractivity contribution in [1.82, 2.24) is 0 Å². The summed E-state index contributed by atoms with van der Waals surface area (Å²) in [4.78, 5) is 24.0. The van der Waals surface area contributed by atoms with Gasteiger partial charge in [0.15, 0.2) is 0 Å². The molecule has 0 radical (unpaired) electrons. The second-order valence-corrected chi connectivity index (χ2v) is 1.62. The molecule has 0 aromatic rings. The molecule has 0 atom stereocenters. The van der Waals surface area contributed by atoms with Crippen LogP contribution in [0.4, 0.5) is 0 Å². The molecule has 0 spiro atoms. The van der Waals surface area contributed by atoms with Crippen LogP contribution < -0.4 is 0 Å². The number of nitrogens with zero attached hydrogens (tertiary/aromatic N) is 1. The van der Waals surface area contributed by atoms with E-state index in [1.54, 1.807) is 0 Å². The van der Waals surface area contributed by atoms with Crippen molar-refractivity contribution >= 4 is 17.9 Å². The van der Waals surface area contributed by atoms with Crippen LogP contribution in [-0.4, -0.2) is 17.9 Å². The molecule has 0 N–H and O–H groups in total. The van der Waals surface area contributed by atoms with E-state index in [1.165, 1.54) is 6.21 Å². The van der Waals surface area contributed by atoms with E-state index >= 15 is 0 Å². The number of rotatable bonds is 0. The lowest BCUT2D eigenvalue weighted by Crippen LogP contribution is -2.11. The first-order chi connectivity index (χ1) is 3.79. The van der Waals surface area contributed by atoms with Gasteiger partial charge >= 0.3 is 0 Å². The first-order valence-electron chi connectivity index (χ1n) is 2.36. The fourth-order valence-corrected chi connectivity index (χ4v) is 0.536. The summed E-state index contributed by atoms with van der Waals surface area (Å²) in [6.07, 6.45) is 1.68. The molecular formula is C5H5NO2. The molecule has 3 heteroatoms. The van der Waals surface area contributed by atoms with E-state index in [1.807, 2.05) is 0 Å². The number of hydrogen-bond donors (Lipinski definition) is 0. The van der Waals surface area contributed by atoms with E-state index in [4.69, 9.17) is 0 Å². The molecule has 0 bridgehead atoms. The van der Waals surface area contributed by atoms with Crippen molar-refractivity contribution in [3.8, 4) is 0 Å². The minimum atomic E-state index is -0.318. The smallest absolute Gasteiger partial charge is 0.252 e. The third kappa shape index (κ3) is 0.992. The van der Waals surface area contributed by atoms with Crippen LogP contribution in [0, 0.1) is 0 Å². The van der Waals surface area contributed by atoms with Crippen molar-refractivity contribution in [1.29, 1.82) is 0 Å². The Kier molecular flexibility index (Phi) is 1.20. The maximum absolute atomic E-state index is 10.4. The van der Waals surface area contributed by atoms with E-state index in [2.05, 4.69) is 4.99 Å². The molecule has 1 amide bonds. The first kappa shape index (κ1) is 5.15. The fourth-order valence-electron chi connectivity index (χ4n) is 0.536. The minimum absolute atomic E-state index is 0.00347. The SMILES string of the molecule is O=C1CC=NC(=O)C1. The molecule has 0 unspecified atom stereocenters.